The van der Waals surface area contributed by atoms with Crippen molar-refractivity contribution >= 4 is 5.78 Å². The molecule has 0 saturated heterocycles. The number of ketones is 1. The summed E-state index contributed by atoms with van der Waals surface area (Å²) in [5.74, 6) is -0.448. The van der Waals surface area contributed by atoms with Crippen molar-refractivity contribution in [1.29, 1.82) is 0 Å². The number of hydrogen-bond donors (Lipinski definition) is 3. The molecule has 0 amide bonds. The van der Waals surface area contributed by atoms with Crippen LogP contribution in [-0.2, 0) is 19.6 Å². The number of fused-ring (bicyclic) bond motifs is 1. The van der Waals surface area contributed by atoms with Crippen molar-refractivity contribution in [3.63, 3.8) is 0 Å². The fraction of sp³-hybridized carbons (Fsp3) is 0.267. The molecule has 7 nitrogen and oxygen atoms in total. The minimum absolute atomic E-state index is 0.0799. The molecule has 1 atom stereocenters. The van der Waals surface area contributed by atoms with E-state index in [9.17, 15) is 9.90 Å². The Morgan fingerprint density at radius 2 is 2.00 bits per heavy atom. The highest BCUT2D eigenvalue weighted by molar-refractivity contribution is 5.97. The van der Waals surface area contributed by atoms with Crippen molar-refractivity contribution in [2.75, 3.05) is 20.2 Å². The molecule has 1 aromatic heterocycles. The van der Waals surface area contributed by atoms with Gasteiger partial charge >= 0.3 is 0 Å². The number of likely N-dealkylation sites (N-methyl/N-ethyl adjacent to an activating group) is 1. The van der Waals surface area contributed by atoms with Crippen molar-refractivity contribution in [3.05, 3.63) is 107 Å². The standard InChI is InChI=1S/C30H32FN5O2/c1-35(11-12-37)18-22-6-2-3-8-24(22)21-9-10-25(26(31)14-21)27-15-29(38)30-28(17-33-27)34-19-36(30)23-7-4-5-20(13-23)16-32/h2-10,13-14,19,27,33,37H,11-12,15-18,32H2,1H3. The highest BCUT2D eigenvalue weighted by Crippen LogP contribution is 2.32. The molecule has 1 aliphatic heterocycles. The van der Waals surface area contributed by atoms with Gasteiger partial charge in [0.25, 0.3) is 0 Å². The maximum absolute atomic E-state index is 15.5. The summed E-state index contributed by atoms with van der Waals surface area (Å²) in [7, 11) is 1.94. The van der Waals surface area contributed by atoms with Crippen molar-refractivity contribution < 1.29 is 14.3 Å². The number of carbonyl (C=O) groups is 1. The van der Waals surface area contributed by atoms with Crippen LogP contribution in [0, 0.1) is 5.82 Å². The molecule has 4 aromatic rings. The summed E-state index contributed by atoms with van der Waals surface area (Å²) in [5, 5.41) is 12.6. The first-order valence-corrected chi connectivity index (χ1v) is 12.8. The number of hydrogen-bond acceptors (Lipinski definition) is 6. The van der Waals surface area contributed by atoms with Crippen LogP contribution in [0.5, 0.6) is 0 Å². The lowest BCUT2D eigenvalue weighted by Crippen LogP contribution is -2.22. The number of nitrogens with one attached hydrogen (secondary N) is 1. The van der Waals surface area contributed by atoms with E-state index in [1.54, 1.807) is 23.0 Å². The minimum Gasteiger partial charge on any atom is -0.395 e. The second-order valence-electron chi connectivity index (χ2n) is 9.70. The van der Waals surface area contributed by atoms with Crippen molar-refractivity contribution in [3.8, 4) is 16.8 Å². The summed E-state index contributed by atoms with van der Waals surface area (Å²) in [4.78, 5) is 19.9. The largest absolute Gasteiger partial charge is 0.395 e. The van der Waals surface area contributed by atoms with Gasteiger partial charge in [0.15, 0.2) is 5.78 Å². The summed E-state index contributed by atoms with van der Waals surface area (Å²) in [6, 6.07) is 20.4. The maximum Gasteiger partial charge on any atom is 0.183 e. The highest BCUT2D eigenvalue weighted by atomic mass is 19.1. The number of nitrogens with two attached hydrogens (primary N) is 1. The molecular formula is C30H32FN5O2. The van der Waals surface area contributed by atoms with E-state index in [4.69, 9.17) is 5.73 Å². The van der Waals surface area contributed by atoms with E-state index in [1.165, 1.54) is 0 Å². The Bertz CT molecular complexity index is 1450. The van der Waals surface area contributed by atoms with Crippen LogP contribution >= 0.6 is 0 Å². The molecule has 0 spiro atoms. The monoisotopic (exact) mass is 513 g/mol. The molecule has 0 saturated carbocycles. The zero-order valence-electron chi connectivity index (χ0n) is 21.4. The van der Waals surface area contributed by atoms with Crippen molar-refractivity contribution in [1.82, 2.24) is 19.8 Å². The maximum atomic E-state index is 15.5. The second-order valence-corrected chi connectivity index (χ2v) is 9.70. The Morgan fingerprint density at radius 3 is 2.79 bits per heavy atom. The topological polar surface area (TPSA) is 96.4 Å². The number of benzene rings is 3. The van der Waals surface area contributed by atoms with Crippen LogP contribution in [0.3, 0.4) is 0 Å². The molecule has 0 aliphatic carbocycles. The number of carbonyl (C=O) groups excluding carboxylic acids is 1. The normalized spacial score (nSPS) is 15.5. The van der Waals surface area contributed by atoms with Gasteiger partial charge in [-0.15, -0.1) is 0 Å². The third-order valence-corrected chi connectivity index (χ3v) is 7.06. The zero-order chi connectivity index (χ0) is 26.6. The minimum atomic E-state index is -0.472. The van der Waals surface area contributed by atoms with Crippen LogP contribution in [0.4, 0.5) is 4.39 Å². The van der Waals surface area contributed by atoms with Gasteiger partial charge in [0.2, 0.25) is 0 Å². The number of Topliss-reactive ketones (excluding diaryl/α,β-unsaturated/α-hetero) is 1. The molecule has 0 fully saturated rings. The molecule has 0 radical (unpaired) electrons. The van der Waals surface area contributed by atoms with Gasteiger partial charge in [-0.05, 0) is 47.5 Å². The van der Waals surface area contributed by atoms with E-state index in [1.807, 2.05) is 66.5 Å². The second kappa shape index (κ2) is 11.4. The number of rotatable bonds is 8. The van der Waals surface area contributed by atoms with Gasteiger partial charge in [0.1, 0.15) is 17.8 Å². The van der Waals surface area contributed by atoms with E-state index >= 15 is 4.39 Å². The smallest absolute Gasteiger partial charge is 0.183 e. The molecule has 3 aromatic carbocycles. The Balaban J connectivity index is 1.40. The highest BCUT2D eigenvalue weighted by Gasteiger charge is 2.29. The Morgan fingerprint density at radius 1 is 1.16 bits per heavy atom. The van der Waals surface area contributed by atoms with Crippen molar-refractivity contribution in [2.45, 2.75) is 32.1 Å². The molecule has 2 heterocycles. The van der Waals surface area contributed by atoms with Crippen LogP contribution in [0.25, 0.3) is 16.8 Å². The van der Waals surface area contributed by atoms with Crippen LogP contribution in [-0.4, -0.2) is 45.5 Å². The molecule has 0 bridgehead atoms. The number of nitrogens with zero attached hydrogens (tertiary/aromatic N) is 3. The molecular weight excluding hydrogens is 481 g/mol. The van der Waals surface area contributed by atoms with Gasteiger partial charge in [-0.2, -0.15) is 0 Å². The van der Waals surface area contributed by atoms with Crippen LogP contribution in [0.15, 0.2) is 73.1 Å². The van der Waals surface area contributed by atoms with Crippen LogP contribution < -0.4 is 11.1 Å². The molecule has 8 heteroatoms. The lowest BCUT2D eigenvalue weighted by molar-refractivity contribution is 0.0966. The number of aliphatic hydroxyl groups is 1. The van der Waals surface area contributed by atoms with Crippen LogP contribution in [0.1, 0.15) is 45.3 Å². The fourth-order valence-corrected chi connectivity index (χ4v) is 5.09. The zero-order valence-corrected chi connectivity index (χ0v) is 21.4. The number of halogens is 1. The van der Waals surface area contributed by atoms with E-state index in [2.05, 4.69) is 10.3 Å². The SMILES string of the molecule is CN(CCO)Cc1ccccc1-c1ccc(C2CC(=O)c3c(ncn3-c3cccc(CN)c3)CN2)c(F)c1. The molecule has 1 aliphatic rings. The molecule has 5 rings (SSSR count). The van der Waals surface area contributed by atoms with Crippen LogP contribution in [0.2, 0.25) is 0 Å². The van der Waals surface area contributed by atoms with Gasteiger partial charge in [0, 0.05) is 49.9 Å². The van der Waals surface area contributed by atoms with Gasteiger partial charge in [-0.1, -0.05) is 48.5 Å². The molecule has 38 heavy (non-hydrogen) atoms. The Hall–Kier alpha value is -3.69. The molecule has 196 valence electrons. The Labute approximate surface area is 221 Å². The van der Waals surface area contributed by atoms with E-state index in [-0.39, 0.29) is 24.6 Å². The predicted octanol–water partition coefficient (Wildman–Crippen LogP) is 3.98. The first-order chi connectivity index (χ1) is 18.5. The lowest BCUT2D eigenvalue weighted by atomic mass is 9.95. The summed E-state index contributed by atoms with van der Waals surface area (Å²) >= 11 is 0. The first-order valence-electron chi connectivity index (χ1n) is 12.8. The lowest BCUT2D eigenvalue weighted by Gasteiger charge is -2.19. The number of imidazole rings is 1. The molecule has 1 unspecified atom stereocenters. The first kappa shape index (κ1) is 25.9. The predicted molar refractivity (Wildman–Crippen MR) is 145 cm³/mol. The third-order valence-electron chi connectivity index (χ3n) is 7.06. The quantitative estimate of drug-likeness (QED) is 0.330. The summed E-state index contributed by atoms with van der Waals surface area (Å²) in [5.41, 5.74) is 12.0. The van der Waals surface area contributed by atoms with E-state index in [0.717, 1.165) is 27.9 Å². The summed E-state index contributed by atoms with van der Waals surface area (Å²) < 4.78 is 17.3. The van der Waals surface area contributed by atoms with Crippen molar-refractivity contribution in [2.24, 2.45) is 5.73 Å². The number of aromatic nitrogens is 2. The average molecular weight is 514 g/mol. The summed E-state index contributed by atoms with van der Waals surface area (Å²) in [6.45, 7) is 2.04. The molecule has 4 N–H and O–H groups in total. The van der Waals surface area contributed by atoms with E-state index in [0.29, 0.717) is 43.1 Å². The van der Waals surface area contributed by atoms with Gasteiger partial charge in [0.05, 0.1) is 12.3 Å². The van der Waals surface area contributed by atoms with Gasteiger partial charge < -0.3 is 16.2 Å². The third kappa shape index (κ3) is 5.30. The Kier molecular flexibility index (Phi) is 7.76. The van der Waals surface area contributed by atoms with Gasteiger partial charge in [-0.3, -0.25) is 14.3 Å². The average Bonchev–Trinajstić information content (AvgIpc) is 3.28. The summed E-state index contributed by atoms with van der Waals surface area (Å²) in [6.07, 6.45) is 1.78. The van der Waals surface area contributed by atoms with Gasteiger partial charge in [-0.25, -0.2) is 9.37 Å². The number of aliphatic hydroxyl groups excluding tert-OH is 1. The van der Waals surface area contributed by atoms with E-state index < -0.39 is 6.04 Å². The fourth-order valence-electron chi connectivity index (χ4n) is 5.09.